The van der Waals surface area contributed by atoms with Crippen molar-refractivity contribution in [2.75, 3.05) is 0 Å². The van der Waals surface area contributed by atoms with Crippen molar-refractivity contribution >= 4 is 11.9 Å². The third-order valence-electron chi connectivity index (χ3n) is 4.34. The molecule has 0 amide bonds. The van der Waals surface area contributed by atoms with Crippen molar-refractivity contribution in [3.8, 4) is 5.75 Å². The van der Waals surface area contributed by atoms with Gasteiger partial charge in [0, 0.05) is 22.8 Å². The number of nitrogens with zero attached hydrogens (tertiary/aromatic N) is 1. The highest BCUT2D eigenvalue weighted by Crippen LogP contribution is 2.37. The van der Waals surface area contributed by atoms with Crippen LogP contribution in [-0.2, 0) is 5.41 Å². The van der Waals surface area contributed by atoms with Crippen molar-refractivity contribution in [1.29, 1.82) is 0 Å². The Labute approximate surface area is 143 Å². The van der Waals surface area contributed by atoms with Crippen molar-refractivity contribution in [1.82, 2.24) is 0 Å². The number of hydrogen-bond donors (Lipinski definition) is 1. The van der Waals surface area contributed by atoms with Gasteiger partial charge in [-0.2, -0.15) is 0 Å². The van der Waals surface area contributed by atoms with Gasteiger partial charge in [0.2, 0.25) is 0 Å². The van der Waals surface area contributed by atoms with Crippen molar-refractivity contribution in [3.05, 3.63) is 95.6 Å². The number of aliphatic imine (C=N–C) groups is 1. The average Bonchev–Trinajstić information content (AvgIpc) is 2.62. The molecule has 0 saturated carbocycles. The third kappa shape index (κ3) is 3.23. The van der Waals surface area contributed by atoms with E-state index in [1.165, 1.54) is 0 Å². The number of para-hydroxylation sites is 2. The molecule has 0 aromatic heterocycles. The Kier molecular flexibility index (Phi) is 4.48. The molecule has 120 valence electrons. The van der Waals surface area contributed by atoms with Gasteiger partial charge in [-0.25, -0.2) is 0 Å². The van der Waals surface area contributed by atoms with Crippen molar-refractivity contribution in [3.63, 3.8) is 0 Å². The Morgan fingerprint density at radius 2 is 1.42 bits per heavy atom. The fourth-order valence-electron chi connectivity index (χ4n) is 2.84. The maximum atomic E-state index is 10.8. The van der Waals surface area contributed by atoms with Crippen LogP contribution >= 0.6 is 0 Å². The minimum Gasteiger partial charge on any atom is -0.507 e. The van der Waals surface area contributed by atoms with Crippen LogP contribution in [0, 0.1) is 0 Å². The zero-order valence-corrected chi connectivity index (χ0v) is 14.0. The summed E-state index contributed by atoms with van der Waals surface area (Å²) in [4.78, 5) is 4.45. The Bertz CT molecular complexity index is 836. The zero-order chi connectivity index (χ0) is 17.0. The standard InChI is InChI=1S/C22H21NO/c1-22(2,18-11-5-3-6-12-18)20-15-9-10-17(21(20)24)16-23-19-13-7-4-8-14-19/h3-16,24H,1-2H3/b23-16+. The van der Waals surface area contributed by atoms with Gasteiger partial charge < -0.3 is 5.11 Å². The number of rotatable bonds is 4. The average molecular weight is 315 g/mol. The SMILES string of the molecule is CC(C)(c1ccccc1)c1cccc(/C=N/c2ccccc2)c1O. The van der Waals surface area contributed by atoms with Gasteiger partial charge in [-0.1, -0.05) is 74.5 Å². The molecule has 1 N–H and O–H groups in total. The molecule has 0 aliphatic heterocycles. The first-order valence-electron chi connectivity index (χ1n) is 8.06. The second-order valence-electron chi connectivity index (χ2n) is 6.33. The Hall–Kier alpha value is -2.87. The second kappa shape index (κ2) is 6.71. The van der Waals surface area contributed by atoms with Crippen LogP contribution in [0.3, 0.4) is 0 Å². The summed E-state index contributed by atoms with van der Waals surface area (Å²) in [5.41, 5.74) is 3.36. The first-order valence-corrected chi connectivity index (χ1v) is 8.06. The Morgan fingerprint density at radius 1 is 0.792 bits per heavy atom. The van der Waals surface area contributed by atoms with E-state index >= 15 is 0 Å². The maximum absolute atomic E-state index is 10.8. The zero-order valence-electron chi connectivity index (χ0n) is 14.0. The molecule has 0 saturated heterocycles. The molecule has 0 bridgehead atoms. The summed E-state index contributed by atoms with van der Waals surface area (Å²) >= 11 is 0. The van der Waals surface area contributed by atoms with Gasteiger partial charge in [0.25, 0.3) is 0 Å². The number of phenolic OH excluding ortho intramolecular Hbond substituents is 1. The van der Waals surface area contributed by atoms with Crippen LogP contribution < -0.4 is 0 Å². The van der Waals surface area contributed by atoms with Crippen LogP contribution in [0.1, 0.15) is 30.5 Å². The summed E-state index contributed by atoms with van der Waals surface area (Å²) < 4.78 is 0. The fourth-order valence-corrected chi connectivity index (χ4v) is 2.84. The normalized spacial score (nSPS) is 11.8. The van der Waals surface area contributed by atoms with Crippen LogP contribution in [0.5, 0.6) is 5.75 Å². The van der Waals surface area contributed by atoms with E-state index in [2.05, 4.69) is 31.0 Å². The van der Waals surface area contributed by atoms with Crippen LogP contribution in [-0.4, -0.2) is 11.3 Å². The van der Waals surface area contributed by atoms with Gasteiger partial charge in [0.05, 0.1) is 5.69 Å². The highest BCUT2D eigenvalue weighted by molar-refractivity contribution is 5.86. The van der Waals surface area contributed by atoms with Gasteiger partial charge in [-0.3, -0.25) is 4.99 Å². The third-order valence-corrected chi connectivity index (χ3v) is 4.34. The van der Waals surface area contributed by atoms with E-state index < -0.39 is 0 Å². The van der Waals surface area contributed by atoms with Crippen molar-refractivity contribution < 1.29 is 5.11 Å². The van der Waals surface area contributed by atoms with Crippen LogP contribution in [0.4, 0.5) is 5.69 Å². The van der Waals surface area contributed by atoms with E-state index in [0.717, 1.165) is 22.4 Å². The monoisotopic (exact) mass is 315 g/mol. The highest BCUT2D eigenvalue weighted by Gasteiger charge is 2.26. The highest BCUT2D eigenvalue weighted by atomic mass is 16.3. The summed E-state index contributed by atoms with van der Waals surface area (Å²) in [6, 6.07) is 25.8. The van der Waals surface area contributed by atoms with Gasteiger partial charge in [0.15, 0.2) is 0 Å². The number of hydrogen-bond acceptors (Lipinski definition) is 2. The number of benzene rings is 3. The Balaban J connectivity index is 1.98. The second-order valence-corrected chi connectivity index (χ2v) is 6.33. The summed E-state index contributed by atoms with van der Waals surface area (Å²) in [6.45, 7) is 4.24. The maximum Gasteiger partial charge on any atom is 0.128 e. The molecule has 0 fully saturated rings. The minimum absolute atomic E-state index is 0.283. The first kappa shape index (κ1) is 16.0. The van der Waals surface area contributed by atoms with Crippen LogP contribution in [0.25, 0.3) is 0 Å². The molecule has 24 heavy (non-hydrogen) atoms. The molecule has 0 radical (unpaired) electrons. The topological polar surface area (TPSA) is 32.6 Å². The van der Waals surface area contributed by atoms with Crippen molar-refractivity contribution in [2.24, 2.45) is 4.99 Å². The first-order chi connectivity index (χ1) is 11.6. The van der Waals surface area contributed by atoms with E-state index in [-0.39, 0.29) is 11.2 Å². The van der Waals surface area contributed by atoms with Gasteiger partial charge >= 0.3 is 0 Å². The molecule has 3 rings (SSSR count). The molecule has 0 spiro atoms. The molecule has 2 nitrogen and oxygen atoms in total. The smallest absolute Gasteiger partial charge is 0.128 e. The lowest BCUT2D eigenvalue weighted by Crippen LogP contribution is -2.19. The molecule has 3 aromatic carbocycles. The van der Waals surface area contributed by atoms with Crippen LogP contribution in [0.15, 0.2) is 83.9 Å². The molecule has 0 aliphatic carbocycles. The lowest BCUT2D eigenvalue weighted by Gasteiger charge is -2.27. The quantitative estimate of drug-likeness (QED) is 0.636. The predicted octanol–water partition coefficient (Wildman–Crippen LogP) is 5.47. The molecule has 0 aliphatic rings. The molecular formula is C22H21NO. The van der Waals surface area contributed by atoms with Crippen LogP contribution in [0.2, 0.25) is 0 Å². The van der Waals surface area contributed by atoms with E-state index in [1.54, 1.807) is 6.21 Å². The Morgan fingerprint density at radius 3 is 2.08 bits per heavy atom. The van der Waals surface area contributed by atoms with E-state index in [4.69, 9.17) is 0 Å². The minimum atomic E-state index is -0.290. The lowest BCUT2D eigenvalue weighted by molar-refractivity contribution is 0.452. The van der Waals surface area contributed by atoms with E-state index in [0.29, 0.717) is 0 Å². The van der Waals surface area contributed by atoms with Gasteiger partial charge in [0.1, 0.15) is 5.75 Å². The van der Waals surface area contributed by atoms with E-state index in [1.807, 2.05) is 66.7 Å². The predicted molar refractivity (Wildman–Crippen MR) is 100 cm³/mol. The molecule has 2 heteroatoms. The molecule has 3 aromatic rings. The van der Waals surface area contributed by atoms with Gasteiger partial charge in [-0.05, 0) is 23.8 Å². The summed E-state index contributed by atoms with van der Waals surface area (Å²) in [5.74, 6) is 0.283. The largest absolute Gasteiger partial charge is 0.507 e. The number of aromatic hydroxyl groups is 1. The molecular weight excluding hydrogens is 294 g/mol. The molecule has 0 heterocycles. The summed E-state index contributed by atoms with van der Waals surface area (Å²) in [5, 5.41) is 10.8. The van der Waals surface area contributed by atoms with E-state index in [9.17, 15) is 5.11 Å². The molecule has 0 unspecified atom stereocenters. The fraction of sp³-hybridized carbons (Fsp3) is 0.136. The number of phenols is 1. The summed E-state index contributed by atoms with van der Waals surface area (Å²) in [6.07, 6.45) is 1.72. The lowest BCUT2D eigenvalue weighted by atomic mass is 9.77. The van der Waals surface area contributed by atoms with Crippen molar-refractivity contribution in [2.45, 2.75) is 19.3 Å². The van der Waals surface area contributed by atoms with Gasteiger partial charge in [-0.15, -0.1) is 0 Å². The summed E-state index contributed by atoms with van der Waals surface area (Å²) in [7, 11) is 0. The molecule has 0 atom stereocenters.